The molecule has 2 aliphatic rings. The number of benzene rings is 2. The Kier molecular flexibility index (Phi) is 7.50. The number of fused-ring (bicyclic) bond motifs is 1. The number of nitrogens with two attached hydrogens (primary N) is 1. The highest BCUT2D eigenvalue weighted by Gasteiger charge is 2.55. The average molecular weight is 569 g/mol. The summed E-state index contributed by atoms with van der Waals surface area (Å²) in [5.74, 6) is -2.72. The fourth-order valence-electron chi connectivity index (χ4n) is 4.24. The zero-order valence-corrected chi connectivity index (χ0v) is 22.1. The van der Waals surface area contributed by atoms with Gasteiger partial charge in [0.2, 0.25) is 0 Å². The van der Waals surface area contributed by atoms with Gasteiger partial charge in [0, 0.05) is 17.0 Å². The van der Waals surface area contributed by atoms with Crippen LogP contribution in [0.15, 0.2) is 77.3 Å². The molecule has 2 amide bonds. The van der Waals surface area contributed by atoms with E-state index in [9.17, 15) is 19.2 Å². The monoisotopic (exact) mass is 568 g/mol. The zero-order chi connectivity index (χ0) is 26.8. The lowest BCUT2D eigenvalue weighted by Crippen LogP contribution is -2.71. The normalized spacial score (nSPS) is 18.6. The van der Waals surface area contributed by atoms with Crippen molar-refractivity contribution in [3.8, 4) is 0 Å². The van der Waals surface area contributed by atoms with Crippen LogP contribution < -0.4 is 11.1 Å². The predicted molar refractivity (Wildman–Crippen MR) is 144 cm³/mol. The predicted octanol–water partition coefficient (Wildman–Crippen LogP) is 3.13. The van der Waals surface area contributed by atoms with E-state index >= 15 is 0 Å². The van der Waals surface area contributed by atoms with Gasteiger partial charge in [-0.2, -0.15) is 0 Å². The summed E-state index contributed by atoms with van der Waals surface area (Å²) >= 11 is 8.53. The van der Waals surface area contributed by atoms with E-state index in [0.29, 0.717) is 11.3 Å². The lowest BCUT2D eigenvalue weighted by atomic mass is 10.0. The second-order valence-corrected chi connectivity index (χ2v) is 10.7. The molecule has 12 heteroatoms. The van der Waals surface area contributed by atoms with Crippen LogP contribution in [0.3, 0.4) is 0 Å². The van der Waals surface area contributed by atoms with Crippen LogP contribution in [-0.4, -0.2) is 56.5 Å². The summed E-state index contributed by atoms with van der Waals surface area (Å²) in [7, 11) is 0. The van der Waals surface area contributed by atoms with E-state index < -0.39 is 41.1 Å². The number of thioether (sulfide) groups is 1. The molecule has 1 aromatic heterocycles. The Morgan fingerprint density at radius 2 is 1.74 bits per heavy atom. The number of nitrogens with zero attached hydrogens (tertiary/aromatic N) is 2. The molecule has 3 heterocycles. The summed E-state index contributed by atoms with van der Waals surface area (Å²) in [4.78, 5) is 56.8. The first-order chi connectivity index (χ1) is 18.4. The van der Waals surface area contributed by atoms with Gasteiger partial charge in [0.05, 0.1) is 0 Å². The summed E-state index contributed by atoms with van der Waals surface area (Å²) in [6, 6.07) is 17.6. The zero-order valence-electron chi connectivity index (χ0n) is 19.7. The first kappa shape index (κ1) is 26.0. The Bertz CT molecular complexity index is 1390. The van der Waals surface area contributed by atoms with Crippen LogP contribution in [0.2, 0.25) is 0 Å². The van der Waals surface area contributed by atoms with Crippen molar-refractivity contribution in [3.63, 3.8) is 0 Å². The lowest BCUT2D eigenvalue weighted by molar-refractivity contribution is -0.154. The molecule has 1 saturated heterocycles. The lowest BCUT2D eigenvalue weighted by Gasteiger charge is -2.49. The summed E-state index contributed by atoms with van der Waals surface area (Å²) in [5, 5.41) is 3.41. The van der Waals surface area contributed by atoms with E-state index in [4.69, 9.17) is 22.1 Å². The number of ketones is 1. The molecule has 0 aliphatic carbocycles. The van der Waals surface area contributed by atoms with Crippen LogP contribution >= 0.6 is 34.7 Å². The number of esters is 1. The number of aromatic nitrogens is 1. The van der Waals surface area contributed by atoms with Crippen molar-refractivity contribution in [2.75, 3.05) is 17.4 Å². The third-order valence-electron chi connectivity index (χ3n) is 6.08. The number of rotatable bonds is 8. The number of anilines is 1. The minimum Gasteiger partial charge on any atom is -0.448 e. The Balaban J connectivity index is 1.36. The Morgan fingerprint density at radius 3 is 2.29 bits per heavy atom. The SMILES string of the molecule is Nc1nc(C(=O)C(=O)NC2C(=O)N3C(C(=O)OC(c4ccccc4)c4ccccc4)=C(CCl)CS[C@H]23)cs1. The number of amides is 2. The van der Waals surface area contributed by atoms with Crippen molar-refractivity contribution in [3.05, 3.63) is 94.1 Å². The number of alkyl halides is 1. The van der Waals surface area contributed by atoms with Gasteiger partial charge in [0.15, 0.2) is 11.2 Å². The Hall–Kier alpha value is -3.67. The number of ether oxygens (including phenoxy) is 1. The third-order valence-corrected chi connectivity index (χ3v) is 8.41. The summed E-state index contributed by atoms with van der Waals surface area (Å²) in [6.45, 7) is 0. The van der Waals surface area contributed by atoms with Crippen molar-refractivity contribution in [1.29, 1.82) is 0 Å². The largest absolute Gasteiger partial charge is 0.448 e. The van der Waals surface area contributed by atoms with Crippen LogP contribution in [-0.2, 0) is 19.1 Å². The number of β-lactam (4-membered cyclic amide) rings is 1. The highest BCUT2D eigenvalue weighted by Crippen LogP contribution is 2.42. The highest BCUT2D eigenvalue weighted by atomic mass is 35.5. The van der Waals surface area contributed by atoms with Gasteiger partial charge in [0.1, 0.15) is 22.8 Å². The fraction of sp³-hybridized carbons (Fsp3) is 0.192. The fourth-order valence-corrected chi connectivity index (χ4v) is 6.46. The van der Waals surface area contributed by atoms with Crippen molar-refractivity contribution in [2.45, 2.75) is 17.5 Å². The molecular weight excluding hydrogens is 548 g/mol. The summed E-state index contributed by atoms with van der Waals surface area (Å²) in [6.07, 6.45) is -0.711. The van der Waals surface area contributed by atoms with Crippen LogP contribution in [0, 0.1) is 0 Å². The maximum absolute atomic E-state index is 13.6. The maximum Gasteiger partial charge on any atom is 0.356 e. The van der Waals surface area contributed by atoms with Gasteiger partial charge >= 0.3 is 5.97 Å². The number of carbonyl (C=O) groups excluding carboxylic acids is 4. The molecule has 9 nitrogen and oxygen atoms in total. The van der Waals surface area contributed by atoms with E-state index in [2.05, 4.69) is 10.3 Å². The molecule has 0 saturated carbocycles. The van der Waals surface area contributed by atoms with E-state index in [1.54, 1.807) is 0 Å². The van der Waals surface area contributed by atoms with E-state index in [1.165, 1.54) is 22.0 Å². The smallest absolute Gasteiger partial charge is 0.356 e. The van der Waals surface area contributed by atoms with Gasteiger partial charge in [-0.3, -0.25) is 19.3 Å². The minimum absolute atomic E-state index is 0.0238. The molecule has 38 heavy (non-hydrogen) atoms. The number of hydrogen-bond donors (Lipinski definition) is 2. The van der Waals surface area contributed by atoms with Gasteiger partial charge in [-0.25, -0.2) is 9.78 Å². The number of Topliss-reactive ketones (excluding diaryl/α,β-unsaturated/α-hetero) is 1. The molecular formula is C26H21ClN4O5S2. The molecule has 2 aromatic carbocycles. The van der Waals surface area contributed by atoms with E-state index in [0.717, 1.165) is 22.5 Å². The molecule has 0 radical (unpaired) electrons. The number of thiazole rings is 1. The minimum atomic E-state index is -0.994. The topological polar surface area (TPSA) is 132 Å². The number of nitrogen functional groups attached to an aromatic ring is 1. The van der Waals surface area contributed by atoms with Crippen molar-refractivity contribution in [1.82, 2.24) is 15.2 Å². The quantitative estimate of drug-likeness (QED) is 0.139. The molecule has 1 fully saturated rings. The number of hydrogen-bond acceptors (Lipinski definition) is 9. The maximum atomic E-state index is 13.6. The van der Waals surface area contributed by atoms with Crippen molar-refractivity contribution in [2.24, 2.45) is 0 Å². The number of carbonyl (C=O) groups is 4. The molecule has 2 aliphatic heterocycles. The second kappa shape index (κ2) is 11.0. The van der Waals surface area contributed by atoms with Crippen LogP contribution in [0.1, 0.15) is 27.7 Å². The molecule has 3 aromatic rings. The summed E-state index contributed by atoms with van der Waals surface area (Å²) in [5.41, 5.74) is 7.60. The van der Waals surface area contributed by atoms with Crippen molar-refractivity contribution >= 4 is 63.4 Å². The first-order valence-corrected chi connectivity index (χ1v) is 13.9. The number of halogens is 1. The van der Waals surface area contributed by atoms with Crippen LogP contribution in [0.4, 0.5) is 5.13 Å². The van der Waals surface area contributed by atoms with E-state index in [-0.39, 0.29) is 22.4 Å². The van der Waals surface area contributed by atoms with Gasteiger partial charge in [-0.15, -0.1) is 34.7 Å². The molecule has 1 unspecified atom stereocenters. The van der Waals surface area contributed by atoms with Gasteiger partial charge in [0.25, 0.3) is 17.6 Å². The van der Waals surface area contributed by atoms with Gasteiger partial charge in [-0.05, 0) is 16.7 Å². The Labute approximate surface area is 231 Å². The highest BCUT2D eigenvalue weighted by molar-refractivity contribution is 8.00. The van der Waals surface area contributed by atoms with Crippen LogP contribution in [0.5, 0.6) is 0 Å². The van der Waals surface area contributed by atoms with Crippen LogP contribution in [0.25, 0.3) is 0 Å². The second-order valence-electron chi connectivity index (χ2n) is 8.45. The molecule has 0 spiro atoms. The molecule has 5 rings (SSSR count). The molecule has 194 valence electrons. The Morgan fingerprint density at radius 1 is 1.11 bits per heavy atom. The summed E-state index contributed by atoms with van der Waals surface area (Å²) < 4.78 is 5.99. The molecule has 2 atom stereocenters. The molecule has 0 bridgehead atoms. The molecule has 3 N–H and O–H groups in total. The van der Waals surface area contributed by atoms with Gasteiger partial charge in [-0.1, -0.05) is 60.7 Å². The van der Waals surface area contributed by atoms with Crippen molar-refractivity contribution < 1.29 is 23.9 Å². The number of nitrogens with one attached hydrogen (secondary N) is 1. The van der Waals surface area contributed by atoms with Gasteiger partial charge < -0.3 is 15.8 Å². The average Bonchev–Trinajstić information content (AvgIpc) is 3.39. The van der Waals surface area contributed by atoms with E-state index in [1.807, 2.05) is 60.7 Å². The standard InChI is InChI=1S/C26H21ClN4O5S2/c27-11-16-12-37-24-18(30-22(33)20(32)17-13-38-26(28)29-17)23(34)31(24)19(16)25(35)36-21(14-7-3-1-4-8-14)15-9-5-2-6-10-15/h1-10,13,18,21,24H,11-12H2,(H2,28,29)(H,30,33)/t18?,24-/m1/s1. The first-order valence-electron chi connectivity index (χ1n) is 11.5. The third kappa shape index (κ3) is 4.92.